The minimum Gasteiger partial charge on any atom is -0.444 e. The summed E-state index contributed by atoms with van der Waals surface area (Å²) in [7, 11) is -3.76. The fourth-order valence-corrected chi connectivity index (χ4v) is 5.86. The molecular weight excluding hydrogens is 424 g/mol. The van der Waals surface area contributed by atoms with E-state index in [2.05, 4.69) is 5.16 Å². The van der Waals surface area contributed by atoms with Gasteiger partial charge in [-0.15, -0.1) is 0 Å². The van der Waals surface area contributed by atoms with Crippen LogP contribution in [0.4, 0.5) is 4.79 Å². The van der Waals surface area contributed by atoms with Crippen molar-refractivity contribution >= 4 is 22.0 Å². The predicted molar refractivity (Wildman–Crippen MR) is 112 cm³/mol. The Balaban J connectivity index is 1.69. The Bertz CT molecular complexity index is 916. The standard InChI is InChI=1S/C20H32N4O6S/c1-14-17(15(2)30-21-14)31(27,28)23-10-7-9-22(12-13-23)18(25)16-8-6-11-24(16)19(26)29-20(3,4)5/h16H,6-13H2,1-5H3/t16-/m0/s1. The number of hydrogen-bond acceptors (Lipinski definition) is 7. The first kappa shape index (κ1) is 23.5. The lowest BCUT2D eigenvalue weighted by molar-refractivity contribution is -0.135. The molecule has 2 aliphatic rings. The SMILES string of the molecule is Cc1noc(C)c1S(=O)(=O)N1CCCN(C(=O)[C@@H]2CCCN2C(=O)OC(C)(C)C)CC1. The number of aromatic nitrogens is 1. The largest absolute Gasteiger partial charge is 0.444 e. The van der Waals surface area contributed by atoms with Gasteiger partial charge in [0.25, 0.3) is 0 Å². The number of ether oxygens (including phenoxy) is 1. The van der Waals surface area contributed by atoms with E-state index in [1.165, 1.54) is 9.21 Å². The zero-order chi connectivity index (χ0) is 23.0. The summed E-state index contributed by atoms with van der Waals surface area (Å²) >= 11 is 0. The topological polar surface area (TPSA) is 113 Å². The number of carbonyl (C=O) groups is 2. The van der Waals surface area contributed by atoms with Crippen LogP contribution in [-0.2, 0) is 19.6 Å². The van der Waals surface area contributed by atoms with Gasteiger partial charge in [-0.1, -0.05) is 5.16 Å². The van der Waals surface area contributed by atoms with Gasteiger partial charge >= 0.3 is 6.09 Å². The van der Waals surface area contributed by atoms with Gasteiger partial charge in [-0.05, 0) is 53.9 Å². The molecule has 0 unspecified atom stereocenters. The molecule has 10 nitrogen and oxygen atoms in total. The van der Waals surface area contributed by atoms with Crippen LogP contribution in [0.15, 0.2) is 9.42 Å². The average molecular weight is 457 g/mol. The van der Waals surface area contributed by atoms with E-state index in [1.807, 2.05) is 0 Å². The van der Waals surface area contributed by atoms with E-state index in [1.54, 1.807) is 39.5 Å². The van der Waals surface area contributed by atoms with Crippen LogP contribution in [0, 0.1) is 13.8 Å². The molecule has 0 bridgehead atoms. The molecule has 3 heterocycles. The smallest absolute Gasteiger partial charge is 0.410 e. The highest BCUT2D eigenvalue weighted by Crippen LogP contribution is 2.26. The molecule has 31 heavy (non-hydrogen) atoms. The van der Waals surface area contributed by atoms with Crippen molar-refractivity contribution in [2.45, 2.75) is 70.4 Å². The Morgan fingerprint density at radius 3 is 2.39 bits per heavy atom. The zero-order valence-corrected chi connectivity index (χ0v) is 19.7. The van der Waals surface area contributed by atoms with Gasteiger partial charge < -0.3 is 14.2 Å². The first-order valence-corrected chi connectivity index (χ1v) is 12.1. The van der Waals surface area contributed by atoms with Crippen LogP contribution in [0.3, 0.4) is 0 Å². The van der Waals surface area contributed by atoms with E-state index in [4.69, 9.17) is 9.26 Å². The van der Waals surface area contributed by atoms with Crippen molar-refractivity contribution in [2.24, 2.45) is 0 Å². The van der Waals surface area contributed by atoms with Crippen molar-refractivity contribution in [1.29, 1.82) is 0 Å². The molecule has 174 valence electrons. The molecule has 1 aromatic heterocycles. The lowest BCUT2D eigenvalue weighted by Crippen LogP contribution is -2.50. The molecule has 0 radical (unpaired) electrons. The van der Waals surface area contributed by atoms with Crippen LogP contribution in [-0.4, -0.2) is 84.0 Å². The van der Waals surface area contributed by atoms with Gasteiger partial charge in [-0.2, -0.15) is 4.31 Å². The van der Waals surface area contributed by atoms with Crippen molar-refractivity contribution in [3.8, 4) is 0 Å². The molecule has 2 saturated heterocycles. The quantitative estimate of drug-likeness (QED) is 0.683. The van der Waals surface area contributed by atoms with E-state index >= 15 is 0 Å². The van der Waals surface area contributed by atoms with Crippen LogP contribution in [0.25, 0.3) is 0 Å². The maximum Gasteiger partial charge on any atom is 0.410 e. The third-order valence-corrected chi connectivity index (χ3v) is 7.64. The third-order valence-electron chi connectivity index (χ3n) is 5.50. The molecule has 0 saturated carbocycles. The average Bonchev–Trinajstić information content (AvgIpc) is 3.18. The number of amides is 2. The molecule has 0 aromatic carbocycles. The maximum absolute atomic E-state index is 13.2. The summed E-state index contributed by atoms with van der Waals surface area (Å²) in [4.78, 5) is 29.0. The Labute approximate surface area is 183 Å². The second kappa shape index (κ2) is 8.78. The number of hydrogen-bond donors (Lipinski definition) is 0. The first-order chi connectivity index (χ1) is 14.4. The van der Waals surface area contributed by atoms with Crippen LogP contribution in [0.5, 0.6) is 0 Å². The van der Waals surface area contributed by atoms with E-state index < -0.39 is 27.8 Å². The summed E-state index contributed by atoms with van der Waals surface area (Å²) in [5.74, 6) is 0.105. The summed E-state index contributed by atoms with van der Waals surface area (Å²) in [5.41, 5.74) is -0.309. The van der Waals surface area contributed by atoms with Crippen LogP contribution < -0.4 is 0 Å². The highest BCUT2D eigenvalue weighted by Gasteiger charge is 2.40. The monoisotopic (exact) mass is 456 g/mol. The summed E-state index contributed by atoms with van der Waals surface area (Å²) < 4.78 is 38.1. The molecule has 3 rings (SSSR count). The molecule has 1 atom stereocenters. The molecule has 0 spiro atoms. The van der Waals surface area contributed by atoms with E-state index in [9.17, 15) is 18.0 Å². The van der Waals surface area contributed by atoms with Crippen molar-refractivity contribution in [3.05, 3.63) is 11.5 Å². The molecule has 1 aromatic rings. The fourth-order valence-electron chi connectivity index (χ4n) is 4.10. The summed E-state index contributed by atoms with van der Waals surface area (Å²) in [6.07, 6.45) is 1.33. The lowest BCUT2D eigenvalue weighted by Gasteiger charge is -2.31. The fraction of sp³-hybridized carbons (Fsp3) is 0.750. The molecular formula is C20H32N4O6S. The summed E-state index contributed by atoms with van der Waals surface area (Å²) in [6.45, 7) is 10.2. The highest BCUT2D eigenvalue weighted by molar-refractivity contribution is 7.89. The zero-order valence-electron chi connectivity index (χ0n) is 18.9. The van der Waals surface area contributed by atoms with Gasteiger partial charge in [-0.25, -0.2) is 13.2 Å². The number of likely N-dealkylation sites (tertiary alicyclic amines) is 1. The van der Waals surface area contributed by atoms with Crippen molar-refractivity contribution in [3.63, 3.8) is 0 Å². The Morgan fingerprint density at radius 1 is 1.06 bits per heavy atom. The van der Waals surface area contributed by atoms with Gasteiger partial charge in [0.05, 0.1) is 0 Å². The maximum atomic E-state index is 13.2. The van der Waals surface area contributed by atoms with Crippen molar-refractivity contribution in [1.82, 2.24) is 19.3 Å². The second-order valence-electron chi connectivity index (χ2n) is 9.07. The Hall–Kier alpha value is -2.14. The number of carbonyl (C=O) groups excluding carboxylic acids is 2. The predicted octanol–water partition coefficient (Wildman–Crippen LogP) is 1.91. The highest BCUT2D eigenvalue weighted by atomic mass is 32.2. The number of aryl methyl sites for hydroxylation is 2. The Kier molecular flexibility index (Phi) is 6.66. The van der Waals surface area contributed by atoms with Gasteiger partial charge in [0, 0.05) is 32.7 Å². The summed E-state index contributed by atoms with van der Waals surface area (Å²) in [5, 5.41) is 3.75. The molecule has 0 N–H and O–H groups in total. The van der Waals surface area contributed by atoms with Gasteiger partial charge in [0.15, 0.2) is 5.76 Å². The normalized spacial score (nSPS) is 21.3. The molecule has 0 aliphatic carbocycles. The lowest BCUT2D eigenvalue weighted by atomic mass is 10.2. The summed E-state index contributed by atoms with van der Waals surface area (Å²) in [6, 6.07) is -0.569. The van der Waals surface area contributed by atoms with E-state index in [0.717, 1.165) is 6.42 Å². The minimum absolute atomic E-state index is 0.0965. The van der Waals surface area contributed by atoms with Gasteiger partial charge in [-0.3, -0.25) is 9.69 Å². The first-order valence-electron chi connectivity index (χ1n) is 10.6. The molecule has 2 fully saturated rings. The van der Waals surface area contributed by atoms with Crippen LogP contribution in [0.2, 0.25) is 0 Å². The number of rotatable bonds is 3. The Morgan fingerprint density at radius 2 is 1.77 bits per heavy atom. The third kappa shape index (κ3) is 5.03. The van der Waals surface area contributed by atoms with Gasteiger partial charge in [0.2, 0.25) is 15.9 Å². The molecule has 2 amide bonds. The molecule has 11 heteroatoms. The van der Waals surface area contributed by atoms with Crippen molar-refractivity contribution < 1.29 is 27.3 Å². The molecule has 2 aliphatic heterocycles. The van der Waals surface area contributed by atoms with Crippen LogP contribution >= 0.6 is 0 Å². The van der Waals surface area contributed by atoms with Gasteiger partial charge in [0.1, 0.15) is 22.2 Å². The number of nitrogens with zero attached hydrogens (tertiary/aromatic N) is 4. The number of sulfonamides is 1. The second-order valence-corrected chi connectivity index (χ2v) is 10.9. The van der Waals surface area contributed by atoms with Crippen LogP contribution in [0.1, 0.15) is 51.5 Å². The van der Waals surface area contributed by atoms with E-state index in [0.29, 0.717) is 38.2 Å². The van der Waals surface area contributed by atoms with E-state index in [-0.39, 0.29) is 29.7 Å². The van der Waals surface area contributed by atoms with Crippen molar-refractivity contribution in [2.75, 3.05) is 32.7 Å². The minimum atomic E-state index is -3.76.